The molecule has 2 saturated carbocycles. The Morgan fingerprint density at radius 3 is 2.67 bits per heavy atom. The number of ether oxygens (including phenoxy) is 2. The monoisotopic (exact) mass is 590 g/mol. The zero-order chi connectivity index (χ0) is 30.9. The Kier molecular flexibility index (Phi) is 8.41. The number of aromatic nitrogens is 4. The Morgan fingerprint density at radius 2 is 2.00 bits per heavy atom. The standard InChI is InChI=1S/C30H38N8O5/c1-30(2,3)43-29(41)36(5)25-16-24(33-22-11-8-14-37(28(22)40)19-10-7-9-18(15-19)31-4)35-26-20(17-32-38(25)26)27(39)34-21-12-13-23(21)42-6/h8,11,14,16-19,21,23H,7,9-10,12-13,15H2,1-3,5-6H3,(H,33,35)(H,34,39)/t18-,19+,21?,23-/m0/s1. The molecule has 5 rings (SSSR count). The lowest BCUT2D eigenvalue weighted by Crippen LogP contribution is -2.51. The minimum absolute atomic E-state index is 0.0562. The predicted octanol–water partition coefficient (Wildman–Crippen LogP) is 4.32. The number of pyridine rings is 1. The van der Waals surface area contributed by atoms with Crippen LogP contribution < -0.4 is 21.1 Å². The fraction of sp³-hybridized carbons (Fsp3) is 0.533. The zero-order valence-corrected chi connectivity index (χ0v) is 25.2. The van der Waals surface area contributed by atoms with Gasteiger partial charge in [0.1, 0.15) is 28.5 Å². The summed E-state index contributed by atoms with van der Waals surface area (Å²) < 4.78 is 14.1. The molecule has 0 aromatic carbocycles. The Labute approximate surface area is 250 Å². The van der Waals surface area contributed by atoms with E-state index in [1.165, 1.54) is 22.7 Å². The van der Waals surface area contributed by atoms with Gasteiger partial charge in [-0.1, -0.05) is 0 Å². The van der Waals surface area contributed by atoms with Crippen LogP contribution in [0.1, 0.15) is 75.7 Å². The van der Waals surface area contributed by atoms with E-state index in [1.54, 1.807) is 56.8 Å². The molecule has 3 aromatic heterocycles. The lowest BCUT2D eigenvalue weighted by atomic mass is 9.89. The van der Waals surface area contributed by atoms with Gasteiger partial charge in [0, 0.05) is 45.3 Å². The van der Waals surface area contributed by atoms with Gasteiger partial charge >= 0.3 is 6.09 Å². The third kappa shape index (κ3) is 6.34. The van der Waals surface area contributed by atoms with E-state index in [2.05, 4.69) is 25.6 Å². The summed E-state index contributed by atoms with van der Waals surface area (Å²) in [5.41, 5.74) is -0.303. The molecular weight excluding hydrogens is 552 g/mol. The van der Waals surface area contributed by atoms with Crippen molar-refractivity contribution in [3.63, 3.8) is 0 Å². The SMILES string of the molecule is [C-]#[N+][C@H]1CCC[C@@H](n2cccc(Nc3cc(N(C)C(=O)OC(C)(C)C)n4ncc(C(=O)NC5CC[C@@H]5OC)c4n3)c2=O)C1. The Balaban J connectivity index is 1.52. The van der Waals surface area contributed by atoms with Crippen LogP contribution in [0.4, 0.5) is 22.1 Å². The van der Waals surface area contributed by atoms with Crippen LogP contribution in [0.5, 0.6) is 0 Å². The number of hydrogen-bond acceptors (Lipinski definition) is 8. The largest absolute Gasteiger partial charge is 0.443 e. The normalized spacial score (nSPS) is 21.9. The highest BCUT2D eigenvalue weighted by Crippen LogP contribution is 2.30. The first kappa shape index (κ1) is 30.0. The van der Waals surface area contributed by atoms with Gasteiger partial charge in [-0.15, -0.1) is 0 Å². The predicted molar refractivity (Wildman–Crippen MR) is 161 cm³/mol. The van der Waals surface area contributed by atoms with Gasteiger partial charge in [0.2, 0.25) is 6.04 Å². The van der Waals surface area contributed by atoms with Gasteiger partial charge in [-0.25, -0.2) is 16.4 Å². The smallest absolute Gasteiger partial charge is 0.415 e. The molecular formula is C30H38N8O5. The van der Waals surface area contributed by atoms with Crippen molar-refractivity contribution in [1.29, 1.82) is 0 Å². The lowest BCUT2D eigenvalue weighted by molar-refractivity contribution is 0.00732. The van der Waals surface area contributed by atoms with Crippen molar-refractivity contribution in [1.82, 2.24) is 24.5 Å². The fourth-order valence-corrected chi connectivity index (χ4v) is 5.54. The van der Waals surface area contributed by atoms with E-state index in [9.17, 15) is 14.4 Å². The third-order valence-electron chi connectivity index (χ3n) is 7.97. The molecule has 0 bridgehead atoms. The second-order valence-electron chi connectivity index (χ2n) is 12.1. The quantitative estimate of drug-likeness (QED) is 0.389. The molecule has 2 aliphatic carbocycles. The molecule has 2 aliphatic rings. The van der Waals surface area contributed by atoms with E-state index < -0.39 is 11.7 Å². The molecule has 228 valence electrons. The number of carbonyl (C=O) groups is 2. The van der Waals surface area contributed by atoms with E-state index >= 15 is 0 Å². The number of amides is 2. The number of carbonyl (C=O) groups excluding carboxylic acids is 2. The summed E-state index contributed by atoms with van der Waals surface area (Å²) in [6.45, 7) is 12.7. The first-order chi connectivity index (χ1) is 20.5. The maximum absolute atomic E-state index is 13.6. The van der Waals surface area contributed by atoms with E-state index in [0.29, 0.717) is 6.42 Å². The van der Waals surface area contributed by atoms with Gasteiger partial charge in [0.25, 0.3) is 11.5 Å². The average Bonchev–Trinajstić information content (AvgIpc) is 3.39. The minimum Gasteiger partial charge on any atom is -0.443 e. The number of rotatable bonds is 7. The molecule has 2 fully saturated rings. The van der Waals surface area contributed by atoms with Crippen LogP contribution in [0.2, 0.25) is 0 Å². The number of fused-ring (bicyclic) bond motifs is 1. The number of nitrogens with zero attached hydrogens (tertiary/aromatic N) is 6. The van der Waals surface area contributed by atoms with E-state index in [4.69, 9.17) is 16.0 Å². The van der Waals surface area contributed by atoms with Crippen LogP contribution in [0.3, 0.4) is 0 Å². The van der Waals surface area contributed by atoms with E-state index in [0.717, 1.165) is 32.1 Å². The molecule has 2 amide bonds. The maximum atomic E-state index is 13.6. The molecule has 3 heterocycles. The van der Waals surface area contributed by atoms with Gasteiger partial charge in [-0.3, -0.25) is 14.5 Å². The van der Waals surface area contributed by atoms with E-state index in [1.807, 2.05) is 0 Å². The van der Waals surface area contributed by atoms with Gasteiger partial charge < -0.3 is 29.5 Å². The number of nitrogens with one attached hydrogen (secondary N) is 2. The Hall–Kier alpha value is -4.44. The maximum Gasteiger partial charge on any atom is 0.415 e. The van der Waals surface area contributed by atoms with Crippen LogP contribution in [0.25, 0.3) is 10.5 Å². The number of methoxy groups -OCH3 is 1. The molecule has 0 radical (unpaired) electrons. The van der Waals surface area contributed by atoms with Crippen molar-refractivity contribution in [2.24, 2.45) is 0 Å². The number of anilines is 3. The van der Waals surface area contributed by atoms with Crippen LogP contribution in [0.15, 0.2) is 35.4 Å². The molecule has 0 saturated heterocycles. The van der Waals surface area contributed by atoms with Crippen LogP contribution in [0, 0.1) is 6.57 Å². The summed E-state index contributed by atoms with van der Waals surface area (Å²) in [6.07, 6.45) is 7.31. The van der Waals surface area contributed by atoms with E-state index in [-0.39, 0.29) is 64.2 Å². The minimum atomic E-state index is -0.741. The highest BCUT2D eigenvalue weighted by molar-refractivity contribution is 6.00. The van der Waals surface area contributed by atoms with Crippen LogP contribution in [-0.2, 0) is 9.47 Å². The highest BCUT2D eigenvalue weighted by Gasteiger charge is 2.33. The first-order valence-corrected chi connectivity index (χ1v) is 14.5. The summed E-state index contributed by atoms with van der Waals surface area (Å²) in [5.74, 6) is 0.150. The molecule has 3 aromatic rings. The molecule has 0 spiro atoms. The summed E-state index contributed by atoms with van der Waals surface area (Å²) in [6, 6.07) is 4.72. The second-order valence-corrected chi connectivity index (χ2v) is 12.1. The van der Waals surface area contributed by atoms with Gasteiger partial charge in [-0.2, -0.15) is 9.61 Å². The van der Waals surface area contributed by atoms with Crippen LogP contribution in [-0.4, -0.2) is 69.1 Å². The summed E-state index contributed by atoms with van der Waals surface area (Å²) in [5, 5.41) is 10.5. The van der Waals surface area contributed by atoms with Crippen molar-refractivity contribution < 1.29 is 19.1 Å². The molecule has 43 heavy (non-hydrogen) atoms. The average molecular weight is 591 g/mol. The molecule has 13 nitrogen and oxygen atoms in total. The molecule has 2 N–H and O–H groups in total. The highest BCUT2D eigenvalue weighted by atomic mass is 16.6. The van der Waals surface area contributed by atoms with Crippen LogP contribution >= 0.6 is 0 Å². The van der Waals surface area contributed by atoms with Crippen molar-refractivity contribution in [2.75, 3.05) is 24.4 Å². The first-order valence-electron chi connectivity index (χ1n) is 14.5. The molecule has 13 heteroatoms. The zero-order valence-electron chi connectivity index (χ0n) is 25.2. The lowest BCUT2D eigenvalue weighted by Gasteiger charge is -2.35. The molecule has 0 aliphatic heterocycles. The van der Waals surface area contributed by atoms with Crippen molar-refractivity contribution >= 4 is 35.0 Å². The molecule has 4 atom stereocenters. The summed E-state index contributed by atoms with van der Waals surface area (Å²) in [7, 11) is 3.16. The molecule has 1 unspecified atom stereocenters. The summed E-state index contributed by atoms with van der Waals surface area (Å²) >= 11 is 0. The third-order valence-corrected chi connectivity index (χ3v) is 7.97. The Bertz CT molecular complexity index is 1620. The van der Waals surface area contributed by atoms with Crippen molar-refractivity contribution in [3.05, 3.63) is 57.9 Å². The number of hydrogen-bond donors (Lipinski definition) is 2. The van der Waals surface area contributed by atoms with Gasteiger partial charge in [-0.05, 0) is 58.6 Å². The topological polar surface area (TPSA) is 136 Å². The fourth-order valence-electron chi connectivity index (χ4n) is 5.54. The second kappa shape index (κ2) is 12.0. The Morgan fingerprint density at radius 1 is 1.21 bits per heavy atom. The summed E-state index contributed by atoms with van der Waals surface area (Å²) in [4.78, 5) is 49.6. The van der Waals surface area contributed by atoms with Crippen molar-refractivity contribution in [2.45, 2.75) is 89.1 Å². The van der Waals surface area contributed by atoms with Gasteiger partial charge in [0.05, 0.1) is 18.3 Å². The van der Waals surface area contributed by atoms with Gasteiger partial charge in [0.15, 0.2) is 5.65 Å². The van der Waals surface area contributed by atoms with Crippen molar-refractivity contribution in [3.8, 4) is 0 Å².